The first kappa shape index (κ1) is 17.6. The number of carbonyl (C=O) groups is 1. The summed E-state index contributed by atoms with van der Waals surface area (Å²) in [5, 5.41) is 3.37. The lowest BCUT2D eigenvalue weighted by Crippen LogP contribution is -2.14. The number of amides is 1. The summed E-state index contributed by atoms with van der Waals surface area (Å²) < 4.78 is 7.23. The molecule has 5 nitrogen and oxygen atoms in total. The van der Waals surface area contributed by atoms with Crippen LogP contribution in [0.5, 0.6) is 5.75 Å². The van der Waals surface area contributed by atoms with E-state index in [-0.39, 0.29) is 5.91 Å². The number of benzene rings is 1. The van der Waals surface area contributed by atoms with Gasteiger partial charge in [0.25, 0.3) is 0 Å². The molecule has 25 heavy (non-hydrogen) atoms. The van der Waals surface area contributed by atoms with Gasteiger partial charge in [-0.15, -0.1) is 11.8 Å². The molecule has 2 aromatic heterocycles. The van der Waals surface area contributed by atoms with E-state index >= 15 is 0 Å². The standard InChI is InChI=1S/C18H18ClN3O2S/c1-12-3-6-17-20-14(9-22(17)8-12)10-25-11-18(23)21-15-7-13(19)4-5-16(15)24-2/h3-9H,10-11H2,1-2H3,(H,21,23). The van der Waals surface area contributed by atoms with Crippen LogP contribution < -0.4 is 10.1 Å². The van der Waals surface area contributed by atoms with Crippen LogP contribution in [0.1, 0.15) is 11.3 Å². The molecule has 0 radical (unpaired) electrons. The van der Waals surface area contributed by atoms with Gasteiger partial charge in [0.15, 0.2) is 0 Å². The van der Waals surface area contributed by atoms with Crippen LogP contribution in [0.25, 0.3) is 5.65 Å². The Morgan fingerprint density at radius 1 is 1.32 bits per heavy atom. The van der Waals surface area contributed by atoms with E-state index in [4.69, 9.17) is 16.3 Å². The fourth-order valence-electron chi connectivity index (χ4n) is 2.44. The number of thioether (sulfide) groups is 1. The third kappa shape index (κ3) is 4.46. The summed E-state index contributed by atoms with van der Waals surface area (Å²) >= 11 is 7.48. The maximum absolute atomic E-state index is 12.1. The number of hydrogen-bond donors (Lipinski definition) is 1. The molecule has 0 saturated heterocycles. The molecule has 3 rings (SSSR count). The van der Waals surface area contributed by atoms with Crippen LogP contribution in [-0.4, -0.2) is 28.2 Å². The summed E-state index contributed by atoms with van der Waals surface area (Å²) in [5.74, 6) is 1.47. The average molecular weight is 376 g/mol. The number of rotatable bonds is 6. The quantitative estimate of drug-likeness (QED) is 0.702. The summed E-state index contributed by atoms with van der Waals surface area (Å²) in [6, 6.07) is 9.14. The highest BCUT2D eigenvalue weighted by Crippen LogP contribution is 2.27. The number of hydrogen-bond acceptors (Lipinski definition) is 4. The Hall–Kier alpha value is -2.18. The Balaban J connectivity index is 1.56. The number of halogens is 1. The topological polar surface area (TPSA) is 55.6 Å². The van der Waals surface area contributed by atoms with Crippen LogP contribution in [0.15, 0.2) is 42.7 Å². The van der Waals surface area contributed by atoms with Gasteiger partial charge in [-0.05, 0) is 36.8 Å². The third-order valence-electron chi connectivity index (χ3n) is 3.57. The molecule has 0 atom stereocenters. The fraction of sp³-hybridized carbons (Fsp3) is 0.222. The van der Waals surface area contributed by atoms with E-state index < -0.39 is 0 Å². The van der Waals surface area contributed by atoms with Gasteiger partial charge in [0.2, 0.25) is 5.91 Å². The van der Waals surface area contributed by atoms with Crippen molar-refractivity contribution in [2.45, 2.75) is 12.7 Å². The van der Waals surface area contributed by atoms with Gasteiger partial charge in [0, 0.05) is 23.2 Å². The first-order chi connectivity index (χ1) is 12.0. The van der Waals surface area contributed by atoms with Gasteiger partial charge in [-0.2, -0.15) is 0 Å². The molecule has 2 heterocycles. The van der Waals surface area contributed by atoms with Gasteiger partial charge >= 0.3 is 0 Å². The molecular weight excluding hydrogens is 358 g/mol. The molecule has 7 heteroatoms. The first-order valence-corrected chi connectivity index (χ1v) is 9.24. The smallest absolute Gasteiger partial charge is 0.234 e. The summed E-state index contributed by atoms with van der Waals surface area (Å²) in [4.78, 5) is 16.7. The van der Waals surface area contributed by atoms with Gasteiger partial charge in [-0.3, -0.25) is 4.79 Å². The Labute approximate surface area is 155 Å². The molecule has 0 aliphatic rings. The second kappa shape index (κ2) is 7.80. The van der Waals surface area contributed by atoms with E-state index in [0.717, 1.165) is 11.3 Å². The zero-order chi connectivity index (χ0) is 17.8. The van der Waals surface area contributed by atoms with Gasteiger partial charge in [-0.1, -0.05) is 17.7 Å². The van der Waals surface area contributed by atoms with Crippen LogP contribution in [0, 0.1) is 6.92 Å². The number of nitrogens with zero attached hydrogens (tertiary/aromatic N) is 2. The van der Waals surface area contributed by atoms with E-state index in [1.54, 1.807) is 25.3 Å². The molecule has 1 aromatic carbocycles. The molecule has 1 N–H and O–H groups in total. The maximum Gasteiger partial charge on any atom is 0.234 e. The van der Waals surface area contributed by atoms with Crippen molar-refractivity contribution in [1.82, 2.24) is 9.38 Å². The minimum Gasteiger partial charge on any atom is -0.495 e. The number of aryl methyl sites for hydroxylation is 1. The van der Waals surface area contributed by atoms with Crippen molar-refractivity contribution in [3.63, 3.8) is 0 Å². The van der Waals surface area contributed by atoms with Crippen LogP contribution >= 0.6 is 23.4 Å². The number of anilines is 1. The highest BCUT2D eigenvalue weighted by atomic mass is 35.5. The Kier molecular flexibility index (Phi) is 5.50. The van der Waals surface area contributed by atoms with Crippen LogP contribution in [-0.2, 0) is 10.5 Å². The van der Waals surface area contributed by atoms with E-state index in [1.807, 2.05) is 35.9 Å². The lowest BCUT2D eigenvalue weighted by molar-refractivity contribution is -0.113. The number of carbonyl (C=O) groups excluding carboxylic acids is 1. The van der Waals surface area contributed by atoms with Gasteiger partial charge in [0.05, 0.1) is 24.2 Å². The number of pyridine rings is 1. The Morgan fingerprint density at radius 3 is 2.96 bits per heavy atom. The minimum atomic E-state index is -0.106. The first-order valence-electron chi connectivity index (χ1n) is 7.70. The summed E-state index contributed by atoms with van der Waals surface area (Å²) in [5.41, 5.74) is 3.61. The zero-order valence-corrected chi connectivity index (χ0v) is 15.5. The van der Waals surface area contributed by atoms with E-state index in [1.165, 1.54) is 17.3 Å². The number of ether oxygens (including phenoxy) is 1. The summed E-state index contributed by atoms with van der Waals surface area (Å²) in [6.07, 6.45) is 4.03. The summed E-state index contributed by atoms with van der Waals surface area (Å²) in [7, 11) is 1.55. The lowest BCUT2D eigenvalue weighted by Gasteiger charge is -2.10. The van der Waals surface area contributed by atoms with Gasteiger partial charge < -0.3 is 14.5 Å². The third-order valence-corrected chi connectivity index (χ3v) is 4.77. The fourth-order valence-corrected chi connectivity index (χ4v) is 3.32. The van der Waals surface area contributed by atoms with Crippen molar-refractivity contribution in [3.05, 3.63) is 59.0 Å². The highest BCUT2D eigenvalue weighted by molar-refractivity contribution is 7.99. The molecule has 3 aromatic rings. The van der Waals surface area contributed by atoms with Crippen molar-refractivity contribution in [3.8, 4) is 5.75 Å². The summed E-state index contributed by atoms with van der Waals surface area (Å²) in [6.45, 7) is 2.04. The van der Waals surface area contributed by atoms with Gasteiger partial charge in [0.1, 0.15) is 11.4 Å². The largest absolute Gasteiger partial charge is 0.495 e. The number of imidazole rings is 1. The molecule has 0 bridgehead atoms. The molecule has 0 fully saturated rings. The van der Waals surface area contributed by atoms with Crippen molar-refractivity contribution in [2.75, 3.05) is 18.2 Å². The monoisotopic (exact) mass is 375 g/mol. The normalized spacial score (nSPS) is 10.8. The van der Waals surface area contributed by atoms with Crippen LogP contribution in [0.3, 0.4) is 0 Å². The number of nitrogens with one attached hydrogen (secondary N) is 1. The molecular formula is C18H18ClN3O2S. The van der Waals surface area contributed by atoms with Crippen molar-refractivity contribution in [2.24, 2.45) is 0 Å². The number of aromatic nitrogens is 2. The second-order valence-corrected chi connectivity index (χ2v) is 7.01. The highest BCUT2D eigenvalue weighted by Gasteiger charge is 2.09. The number of methoxy groups -OCH3 is 1. The lowest BCUT2D eigenvalue weighted by atomic mass is 10.3. The minimum absolute atomic E-state index is 0.106. The van der Waals surface area contributed by atoms with E-state index in [0.29, 0.717) is 28.0 Å². The molecule has 1 amide bonds. The predicted molar refractivity (Wildman–Crippen MR) is 103 cm³/mol. The van der Waals surface area contributed by atoms with E-state index in [2.05, 4.69) is 10.3 Å². The second-order valence-electron chi connectivity index (χ2n) is 5.59. The molecule has 0 aliphatic heterocycles. The van der Waals surface area contributed by atoms with Crippen molar-refractivity contribution in [1.29, 1.82) is 0 Å². The van der Waals surface area contributed by atoms with Crippen LogP contribution in [0.4, 0.5) is 5.69 Å². The van der Waals surface area contributed by atoms with Crippen LogP contribution in [0.2, 0.25) is 5.02 Å². The van der Waals surface area contributed by atoms with Crippen molar-refractivity contribution < 1.29 is 9.53 Å². The molecule has 0 spiro atoms. The van der Waals surface area contributed by atoms with Gasteiger partial charge in [-0.25, -0.2) is 4.98 Å². The molecule has 0 unspecified atom stereocenters. The SMILES string of the molecule is COc1ccc(Cl)cc1NC(=O)CSCc1cn2cc(C)ccc2n1. The Morgan fingerprint density at radius 2 is 2.16 bits per heavy atom. The zero-order valence-electron chi connectivity index (χ0n) is 14.0. The van der Waals surface area contributed by atoms with E-state index in [9.17, 15) is 4.79 Å². The van der Waals surface area contributed by atoms with Crippen molar-refractivity contribution >= 4 is 40.6 Å². The number of fused-ring (bicyclic) bond motifs is 1. The predicted octanol–water partition coefficient (Wildman–Crippen LogP) is 4.18. The maximum atomic E-state index is 12.1. The molecule has 130 valence electrons. The molecule has 0 aliphatic carbocycles. The Bertz CT molecular complexity index is 910. The molecule has 0 saturated carbocycles. The average Bonchev–Trinajstić information content (AvgIpc) is 2.96.